The van der Waals surface area contributed by atoms with Crippen LogP contribution in [0.25, 0.3) is 11.0 Å². The summed E-state index contributed by atoms with van der Waals surface area (Å²) >= 11 is 0. The number of ether oxygens (including phenoxy) is 1. The number of hydrogen-bond donors (Lipinski definition) is 1. The Balaban J connectivity index is 2.73. The molecule has 15 heavy (non-hydrogen) atoms. The number of fused-ring (bicyclic) bond motifs is 1. The summed E-state index contributed by atoms with van der Waals surface area (Å²) in [6.07, 6.45) is 0. The normalized spacial score (nSPS) is 10.2. The molecule has 0 spiro atoms. The predicted octanol–water partition coefficient (Wildman–Crippen LogP) is 1.70. The zero-order valence-corrected chi connectivity index (χ0v) is 8.11. The van der Waals surface area contributed by atoms with Crippen molar-refractivity contribution < 1.29 is 13.9 Å². The third-order valence-corrected chi connectivity index (χ3v) is 2.08. The van der Waals surface area contributed by atoms with Gasteiger partial charge in [-0.25, -0.2) is 4.79 Å². The Labute approximate surface area is 85.6 Å². The first-order valence-electron chi connectivity index (χ1n) is 4.38. The van der Waals surface area contributed by atoms with E-state index in [4.69, 9.17) is 9.83 Å². The first-order valence-corrected chi connectivity index (χ1v) is 4.38. The molecule has 0 atom stereocenters. The fourth-order valence-electron chi connectivity index (χ4n) is 1.34. The van der Waals surface area contributed by atoms with Crippen LogP contribution in [-0.4, -0.2) is 13.1 Å². The summed E-state index contributed by atoms with van der Waals surface area (Å²) < 4.78 is 9.73. The molecule has 0 fully saturated rings. The number of hydrogen-bond acceptors (Lipinski definition) is 4. The third-order valence-electron chi connectivity index (χ3n) is 2.08. The van der Waals surface area contributed by atoms with E-state index in [1.165, 1.54) is 7.11 Å². The zero-order chi connectivity index (χ0) is 10.8. The Bertz CT molecular complexity index is 571. The van der Waals surface area contributed by atoms with E-state index >= 15 is 0 Å². The van der Waals surface area contributed by atoms with Gasteiger partial charge in [0.2, 0.25) is 5.55 Å². The second-order valence-electron chi connectivity index (χ2n) is 3.02. The molecule has 1 heterocycles. The van der Waals surface area contributed by atoms with Crippen LogP contribution in [0.1, 0.15) is 10.4 Å². The van der Waals surface area contributed by atoms with Crippen LogP contribution in [0.2, 0.25) is 0 Å². The van der Waals surface area contributed by atoms with Crippen molar-refractivity contribution in [3.63, 3.8) is 0 Å². The highest BCUT2D eigenvalue weighted by Gasteiger charge is 2.10. The fraction of sp³-hybridized carbons (Fsp3) is 0.0909. The first kappa shape index (κ1) is 9.45. The largest absolute Gasteiger partial charge is 0.465 e. The summed E-state index contributed by atoms with van der Waals surface area (Å²) in [7, 11) is 1.27. The zero-order valence-electron chi connectivity index (χ0n) is 8.11. The molecular formula is C11H9NO3. The van der Waals surface area contributed by atoms with Gasteiger partial charge in [0.15, 0.2) is 0 Å². The highest BCUT2D eigenvalue weighted by Crippen LogP contribution is 2.12. The minimum absolute atomic E-state index is 0.135. The van der Waals surface area contributed by atoms with E-state index in [0.717, 1.165) is 5.39 Å². The Kier molecular flexibility index (Phi) is 2.25. The van der Waals surface area contributed by atoms with Crippen molar-refractivity contribution in [1.29, 1.82) is 5.41 Å². The first-order chi connectivity index (χ1) is 7.22. The molecule has 0 aliphatic rings. The molecule has 1 aromatic carbocycles. The van der Waals surface area contributed by atoms with Gasteiger partial charge in [-0.15, -0.1) is 0 Å². The third kappa shape index (κ3) is 1.61. The molecule has 76 valence electrons. The molecule has 0 saturated carbocycles. The predicted molar refractivity (Wildman–Crippen MR) is 53.4 cm³/mol. The maximum atomic E-state index is 11.3. The summed E-state index contributed by atoms with van der Waals surface area (Å²) in [6, 6.07) is 8.79. The minimum atomic E-state index is -0.561. The molecule has 1 N–H and O–H groups in total. The number of rotatable bonds is 1. The van der Waals surface area contributed by atoms with Gasteiger partial charge in [-0.1, -0.05) is 18.2 Å². The van der Waals surface area contributed by atoms with Gasteiger partial charge in [0, 0.05) is 5.39 Å². The van der Waals surface area contributed by atoms with Gasteiger partial charge in [0.25, 0.3) is 0 Å². The lowest BCUT2D eigenvalue weighted by molar-refractivity contribution is 0.0595. The van der Waals surface area contributed by atoms with Crippen LogP contribution in [-0.2, 0) is 4.74 Å². The van der Waals surface area contributed by atoms with Gasteiger partial charge in [-0.05, 0) is 12.1 Å². The second kappa shape index (κ2) is 3.57. The Morgan fingerprint density at radius 2 is 2.13 bits per heavy atom. The van der Waals surface area contributed by atoms with Crippen molar-refractivity contribution >= 4 is 16.9 Å². The summed E-state index contributed by atoms with van der Waals surface area (Å²) in [6.45, 7) is 0. The van der Waals surface area contributed by atoms with Crippen LogP contribution >= 0.6 is 0 Å². The van der Waals surface area contributed by atoms with E-state index in [9.17, 15) is 4.79 Å². The van der Waals surface area contributed by atoms with Gasteiger partial charge < -0.3 is 9.15 Å². The van der Waals surface area contributed by atoms with E-state index < -0.39 is 5.97 Å². The van der Waals surface area contributed by atoms with Crippen molar-refractivity contribution in [3.8, 4) is 0 Å². The average Bonchev–Trinajstić information content (AvgIpc) is 2.27. The lowest BCUT2D eigenvalue weighted by atomic mass is 10.2. The summed E-state index contributed by atoms with van der Waals surface area (Å²) in [5.74, 6) is -0.561. The van der Waals surface area contributed by atoms with Crippen molar-refractivity contribution in [2.45, 2.75) is 0 Å². The van der Waals surface area contributed by atoms with E-state index in [-0.39, 0.29) is 11.1 Å². The maximum absolute atomic E-state index is 11.3. The Hall–Kier alpha value is -2.10. The van der Waals surface area contributed by atoms with Crippen LogP contribution in [0.15, 0.2) is 34.7 Å². The average molecular weight is 203 g/mol. The number of nitrogens with one attached hydrogen (secondary N) is 1. The molecule has 2 rings (SSSR count). The summed E-state index contributed by atoms with van der Waals surface area (Å²) in [5, 5.41) is 8.29. The van der Waals surface area contributed by atoms with E-state index in [1.807, 2.05) is 18.2 Å². The van der Waals surface area contributed by atoms with E-state index in [0.29, 0.717) is 5.58 Å². The van der Waals surface area contributed by atoms with Gasteiger partial charge in [0.1, 0.15) is 11.1 Å². The molecule has 0 aliphatic carbocycles. The number of esters is 1. The standard InChI is InChI=1S/C11H9NO3/c1-14-11(13)8-6-7-4-2-3-5-9(7)15-10(8)12/h2-6,12H,1H3. The van der Waals surface area contributed by atoms with Gasteiger partial charge >= 0.3 is 5.97 Å². The molecule has 1 aromatic heterocycles. The number of methoxy groups -OCH3 is 1. The molecule has 0 amide bonds. The molecule has 0 aliphatic heterocycles. The van der Waals surface area contributed by atoms with Crippen LogP contribution in [0, 0.1) is 5.41 Å². The molecule has 0 radical (unpaired) electrons. The van der Waals surface area contributed by atoms with Crippen LogP contribution in [0.3, 0.4) is 0 Å². The fourth-order valence-corrected chi connectivity index (χ4v) is 1.34. The highest BCUT2D eigenvalue weighted by molar-refractivity contribution is 5.92. The lowest BCUT2D eigenvalue weighted by Crippen LogP contribution is -2.15. The number of benzene rings is 1. The van der Waals surface area contributed by atoms with Crippen molar-refractivity contribution in [3.05, 3.63) is 41.4 Å². The topological polar surface area (TPSA) is 63.3 Å². The SMILES string of the molecule is COC(=O)c1cc2ccccc2oc1=N. The van der Waals surface area contributed by atoms with Crippen LogP contribution < -0.4 is 5.55 Å². The van der Waals surface area contributed by atoms with Crippen molar-refractivity contribution in [2.24, 2.45) is 0 Å². The van der Waals surface area contributed by atoms with Crippen LogP contribution in [0.4, 0.5) is 0 Å². The molecule has 4 heteroatoms. The molecular weight excluding hydrogens is 194 g/mol. The molecule has 0 unspecified atom stereocenters. The number of carbonyl (C=O) groups is 1. The number of para-hydroxylation sites is 1. The lowest BCUT2D eigenvalue weighted by Gasteiger charge is -2.01. The Morgan fingerprint density at radius 3 is 2.87 bits per heavy atom. The monoisotopic (exact) mass is 203 g/mol. The van der Waals surface area contributed by atoms with E-state index in [2.05, 4.69) is 4.74 Å². The number of carbonyl (C=O) groups excluding carboxylic acids is 1. The smallest absolute Gasteiger partial charge is 0.343 e. The second-order valence-corrected chi connectivity index (χ2v) is 3.02. The van der Waals surface area contributed by atoms with Crippen molar-refractivity contribution in [2.75, 3.05) is 7.11 Å². The minimum Gasteiger partial charge on any atom is -0.465 e. The van der Waals surface area contributed by atoms with Gasteiger partial charge in [-0.3, -0.25) is 5.41 Å². The molecule has 4 nitrogen and oxygen atoms in total. The van der Waals surface area contributed by atoms with E-state index in [1.54, 1.807) is 12.1 Å². The Morgan fingerprint density at radius 1 is 1.40 bits per heavy atom. The summed E-state index contributed by atoms with van der Waals surface area (Å²) in [5.41, 5.74) is 0.534. The van der Waals surface area contributed by atoms with Crippen LogP contribution in [0.5, 0.6) is 0 Å². The van der Waals surface area contributed by atoms with Gasteiger partial charge in [-0.2, -0.15) is 0 Å². The molecule has 0 saturated heterocycles. The molecule has 2 aromatic rings. The maximum Gasteiger partial charge on any atom is 0.343 e. The van der Waals surface area contributed by atoms with Crippen molar-refractivity contribution in [1.82, 2.24) is 0 Å². The quantitative estimate of drug-likeness (QED) is 0.717. The van der Waals surface area contributed by atoms with Gasteiger partial charge in [0.05, 0.1) is 7.11 Å². The molecule has 0 bridgehead atoms. The highest BCUT2D eigenvalue weighted by atomic mass is 16.5. The summed E-state index contributed by atoms with van der Waals surface area (Å²) in [4.78, 5) is 11.3.